The van der Waals surface area contributed by atoms with Gasteiger partial charge in [-0.1, -0.05) is 38.1 Å². The minimum absolute atomic E-state index is 0. The van der Waals surface area contributed by atoms with E-state index in [1.165, 1.54) is 5.51 Å². The van der Waals surface area contributed by atoms with Gasteiger partial charge in [-0.15, -0.1) is 11.3 Å². The van der Waals surface area contributed by atoms with Crippen molar-refractivity contribution in [2.45, 2.75) is 33.7 Å². The van der Waals surface area contributed by atoms with Gasteiger partial charge in [0.2, 0.25) is 0 Å². The largest absolute Gasteiger partial charge is 0.505 e. The summed E-state index contributed by atoms with van der Waals surface area (Å²) >= 11 is 1.05. The molecule has 3 aromatic rings. The van der Waals surface area contributed by atoms with E-state index < -0.39 is 18.5 Å². The number of pyridine rings is 1. The Kier molecular flexibility index (Phi) is 10.4. The van der Waals surface area contributed by atoms with Crippen molar-refractivity contribution >= 4 is 21.7 Å². The number of aryl methyl sites for hydroxylation is 1. The van der Waals surface area contributed by atoms with E-state index in [-0.39, 0.29) is 61.8 Å². The first kappa shape index (κ1) is 24.8. The van der Waals surface area contributed by atoms with Gasteiger partial charge in [-0.25, -0.2) is 13.8 Å². The van der Waals surface area contributed by atoms with Crippen molar-refractivity contribution in [1.29, 1.82) is 0 Å². The van der Waals surface area contributed by atoms with Crippen LogP contribution in [0.1, 0.15) is 19.4 Å². The number of aromatic nitrogens is 2. The summed E-state index contributed by atoms with van der Waals surface area (Å²) in [6, 6.07) is 6.99. The molecule has 8 heteroatoms. The molecule has 2 aromatic heterocycles. The molecule has 0 spiro atoms. The molecule has 0 atom stereocenters. The van der Waals surface area contributed by atoms with Gasteiger partial charge in [0.25, 0.3) is 12.0 Å². The second-order valence-corrected chi connectivity index (χ2v) is 5.68. The van der Waals surface area contributed by atoms with Crippen LogP contribution in [0.5, 0.6) is 5.75 Å². The smallest absolute Gasteiger partial charge is 0.263 e. The molecule has 4 nitrogen and oxygen atoms in total. The standard InChI is InChI=1S/C15H12F2N2O2S.C2H6.CH3.Y/c1-8-4-2-3-5-9(8)11-13(20)12-15(22-7-18-12)19(14(11)21)6-10(16)17;1-2;;/h2-5,7,10,20H,6H2,1H3;1-2H3;1H3;/q;;-1;. The van der Waals surface area contributed by atoms with Crippen molar-refractivity contribution < 1.29 is 46.6 Å². The van der Waals surface area contributed by atoms with Gasteiger partial charge in [-0.05, 0) is 18.1 Å². The molecule has 1 N–H and O–H groups in total. The molecule has 3 rings (SSSR count). The summed E-state index contributed by atoms with van der Waals surface area (Å²) in [6.45, 7) is 5.06. The van der Waals surface area contributed by atoms with E-state index in [4.69, 9.17) is 0 Å². The molecule has 0 amide bonds. The number of alkyl halides is 2. The Labute approximate surface area is 180 Å². The monoisotopic (exact) mass is 456 g/mol. The van der Waals surface area contributed by atoms with Gasteiger partial charge < -0.3 is 12.5 Å². The second-order valence-electron chi connectivity index (χ2n) is 4.85. The number of rotatable bonds is 3. The zero-order chi connectivity index (χ0) is 17.9. The minimum atomic E-state index is -2.67. The number of hydrogen-bond donors (Lipinski definition) is 1. The molecule has 139 valence electrons. The van der Waals surface area contributed by atoms with Gasteiger partial charge in [0.15, 0.2) is 5.75 Å². The maximum absolute atomic E-state index is 12.8. The number of fused-ring (bicyclic) bond motifs is 1. The predicted octanol–water partition coefficient (Wildman–Crippen LogP) is 4.88. The van der Waals surface area contributed by atoms with Crippen molar-refractivity contribution in [2.75, 3.05) is 0 Å². The Morgan fingerprint density at radius 3 is 2.46 bits per heavy atom. The van der Waals surface area contributed by atoms with E-state index in [2.05, 4.69) is 4.98 Å². The van der Waals surface area contributed by atoms with E-state index in [1.807, 2.05) is 13.8 Å². The summed E-state index contributed by atoms with van der Waals surface area (Å²) < 4.78 is 26.6. The van der Waals surface area contributed by atoms with Crippen LogP contribution in [0.3, 0.4) is 0 Å². The predicted molar refractivity (Wildman–Crippen MR) is 99.5 cm³/mol. The minimum Gasteiger partial charge on any atom is -0.505 e. The third-order valence-corrected chi connectivity index (χ3v) is 4.30. The van der Waals surface area contributed by atoms with Gasteiger partial charge in [-0.2, -0.15) is 0 Å². The zero-order valence-electron chi connectivity index (χ0n) is 15.2. The Hall–Kier alpha value is -1.18. The Bertz CT molecular complexity index is 910. The van der Waals surface area contributed by atoms with Crippen molar-refractivity contribution in [1.82, 2.24) is 9.55 Å². The summed E-state index contributed by atoms with van der Waals surface area (Å²) in [6.07, 6.45) is -2.67. The molecule has 26 heavy (non-hydrogen) atoms. The number of hydrogen-bond acceptors (Lipinski definition) is 4. The number of thiazole rings is 1. The number of aromatic hydroxyl groups is 1. The molecular weight excluding hydrogens is 435 g/mol. The molecule has 0 aliphatic rings. The first-order valence-electron chi connectivity index (χ1n) is 7.53. The SMILES string of the molecule is CC.Cc1ccccc1-c1c(O)c2ncsc2n(CC(F)F)c1=O.[CH3-].[Y]. The Balaban J connectivity index is 0.00000151. The summed E-state index contributed by atoms with van der Waals surface area (Å²) in [5.41, 5.74) is 2.26. The fourth-order valence-corrected chi connectivity index (χ4v) is 3.24. The van der Waals surface area contributed by atoms with Crippen LogP contribution in [0, 0.1) is 14.4 Å². The van der Waals surface area contributed by atoms with Crippen LogP contribution >= 0.6 is 11.3 Å². The van der Waals surface area contributed by atoms with Crippen LogP contribution in [-0.4, -0.2) is 21.1 Å². The summed E-state index contributed by atoms with van der Waals surface area (Å²) in [5.74, 6) is -0.263. The molecule has 0 saturated carbocycles. The average molecular weight is 456 g/mol. The fourth-order valence-electron chi connectivity index (χ4n) is 2.44. The molecule has 0 unspecified atom stereocenters. The normalized spacial score (nSPS) is 9.92. The third kappa shape index (κ3) is 4.75. The molecule has 1 radical (unpaired) electrons. The van der Waals surface area contributed by atoms with Crippen LogP contribution in [-0.2, 0) is 39.3 Å². The first-order valence-corrected chi connectivity index (χ1v) is 8.41. The van der Waals surface area contributed by atoms with E-state index in [9.17, 15) is 18.7 Å². The van der Waals surface area contributed by atoms with E-state index in [1.54, 1.807) is 31.2 Å². The van der Waals surface area contributed by atoms with Crippen molar-refractivity contribution in [3.8, 4) is 16.9 Å². The van der Waals surface area contributed by atoms with Gasteiger partial charge in [-0.3, -0.25) is 9.36 Å². The van der Waals surface area contributed by atoms with E-state index in [0.717, 1.165) is 21.5 Å². The molecule has 0 aliphatic heterocycles. The Morgan fingerprint density at radius 2 is 1.88 bits per heavy atom. The quantitative estimate of drug-likeness (QED) is 0.572. The van der Waals surface area contributed by atoms with Gasteiger partial charge in [0.1, 0.15) is 10.3 Å². The number of nitrogens with zero attached hydrogens (tertiary/aromatic N) is 2. The van der Waals surface area contributed by atoms with Crippen molar-refractivity contribution in [3.05, 3.63) is 53.1 Å². The zero-order valence-corrected chi connectivity index (χ0v) is 18.8. The van der Waals surface area contributed by atoms with E-state index in [0.29, 0.717) is 5.56 Å². The molecule has 1 aromatic carbocycles. The number of halogens is 2. The van der Waals surface area contributed by atoms with Crippen LogP contribution < -0.4 is 5.56 Å². The maximum atomic E-state index is 12.8. The average Bonchev–Trinajstić information content (AvgIpc) is 3.05. The molecule has 0 saturated heterocycles. The topological polar surface area (TPSA) is 55.1 Å². The molecule has 0 bridgehead atoms. The van der Waals surface area contributed by atoms with Crippen LogP contribution in [0.15, 0.2) is 34.6 Å². The van der Waals surface area contributed by atoms with Crippen LogP contribution in [0.25, 0.3) is 21.5 Å². The van der Waals surface area contributed by atoms with Crippen LogP contribution in [0.2, 0.25) is 0 Å². The molecular formula is C18H21F2N2O2SY-. The summed E-state index contributed by atoms with van der Waals surface area (Å²) in [4.78, 5) is 16.9. The molecule has 2 heterocycles. The van der Waals surface area contributed by atoms with Crippen LogP contribution in [0.4, 0.5) is 8.78 Å². The van der Waals surface area contributed by atoms with Gasteiger partial charge in [0, 0.05) is 32.7 Å². The fraction of sp³-hybridized carbons (Fsp3) is 0.278. The van der Waals surface area contributed by atoms with Crippen molar-refractivity contribution in [3.63, 3.8) is 0 Å². The van der Waals surface area contributed by atoms with E-state index >= 15 is 0 Å². The maximum Gasteiger partial charge on any atom is 0.263 e. The summed E-state index contributed by atoms with van der Waals surface area (Å²) in [5, 5.41) is 10.4. The second kappa shape index (κ2) is 10.8. The van der Waals surface area contributed by atoms with Gasteiger partial charge >= 0.3 is 0 Å². The molecule has 0 fully saturated rings. The Morgan fingerprint density at radius 1 is 1.27 bits per heavy atom. The number of benzene rings is 1. The molecule has 0 aliphatic carbocycles. The summed E-state index contributed by atoms with van der Waals surface area (Å²) in [7, 11) is 0. The first-order chi connectivity index (χ1) is 11.5. The van der Waals surface area contributed by atoms with Gasteiger partial charge in [0.05, 0.1) is 17.6 Å². The third-order valence-electron chi connectivity index (χ3n) is 3.45. The van der Waals surface area contributed by atoms with Crippen molar-refractivity contribution in [2.24, 2.45) is 0 Å².